The molecule has 1 rings (SSSR count). The van der Waals surface area contributed by atoms with E-state index in [1.165, 1.54) is 0 Å². The molecule has 0 aromatic carbocycles. The van der Waals surface area contributed by atoms with E-state index in [1.54, 1.807) is 12.4 Å². The highest BCUT2D eigenvalue weighted by atomic mass is 16.1. The predicted octanol–water partition coefficient (Wildman–Crippen LogP) is 0.922. The summed E-state index contributed by atoms with van der Waals surface area (Å²) < 4.78 is 0. The molecule has 3 N–H and O–H groups in total. The maximum Gasteiger partial charge on any atom is 0.237 e. The van der Waals surface area contributed by atoms with Gasteiger partial charge in [0.15, 0.2) is 0 Å². The van der Waals surface area contributed by atoms with Gasteiger partial charge in [0.1, 0.15) is 0 Å². The van der Waals surface area contributed by atoms with E-state index in [-0.39, 0.29) is 12.5 Å². The average molecular weight is 279 g/mol. The van der Waals surface area contributed by atoms with Gasteiger partial charge in [-0.05, 0) is 5.92 Å². The molecule has 0 saturated carbocycles. The Morgan fingerprint density at radius 3 is 2.35 bits per heavy atom. The van der Waals surface area contributed by atoms with Crippen LogP contribution >= 0.6 is 0 Å². The SMILES string of the molecule is CC(C)CN(CC(N)=O)c1ncc(CNC(C)C)cn1. The highest BCUT2D eigenvalue weighted by Gasteiger charge is 2.13. The van der Waals surface area contributed by atoms with Crippen molar-refractivity contribution in [1.82, 2.24) is 15.3 Å². The molecule has 0 fully saturated rings. The number of aromatic nitrogens is 2. The molecule has 20 heavy (non-hydrogen) atoms. The van der Waals surface area contributed by atoms with Gasteiger partial charge in [-0.25, -0.2) is 9.97 Å². The first-order valence-electron chi connectivity index (χ1n) is 6.96. The van der Waals surface area contributed by atoms with Crippen LogP contribution in [-0.4, -0.2) is 35.0 Å². The first-order valence-corrected chi connectivity index (χ1v) is 6.96. The Bertz CT molecular complexity index is 416. The fraction of sp³-hybridized carbons (Fsp3) is 0.643. The average Bonchev–Trinajstić information content (AvgIpc) is 2.35. The second-order valence-electron chi connectivity index (χ2n) is 5.67. The van der Waals surface area contributed by atoms with E-state index in [0.717, 1.165) is 12.1 Å². The van der Waals surface area contributed by atoms with E-state index in [1.807, 2.05) is 4.90 Å². The molecule has 0 unspecified atom stereocenters. The number of carbonyl (C=O) groups is 1. The van der Waals surface area contributed by atoms with Gasteiger partial charge in [0.25, 0.3) is 0 Å². The number of amides is 1. The van der Waals surface area contributed by atoms with Gasteiger partial charge in [-0.3, -0.25) is 4.79 Å². The van der Waals surface area contributed by atoms with E-state index in [0.29, 0.717) is 24.5 Å². The van der Waals surface area contributed by atoms with E-state index in [9.17, 15) is 4.79 Å². The Labute approximate surface area is 120 Å². The molecule has 0 aliphatic heterocycles. The van der Waals surface area contributed by atoms with Crippen LogP contribution in [-0.2, 0) is 11.3 Å². The van der Waals surface area contributed by atoms with Crippen LogP contribution in [0.5, 0.6) is 0 Å². The molecule has 1 aromatic heterocycles. The number of rotatable bonds is 8. The van der Waals surface area contributed by atoms with Crippen molar-refractivity contribution in [2.24, 2.45) is 11.7 Å². The normalized spacial score (nSPS) is 11.1. The minimum absolute atomic E-state index is 0.141. The monoisotopic (exact) mass is 279 g/mol. The zero-order chi connectivity index (χ0) is 15.1. The van der Waals surface area contributed by atoms with Crippen molar-refractivity contribution < 1.29 is 4.79 Å². The van der Waals surface area contributed by atoms with Crippen molar-refractivity contribution in [2.45, 2.75) is 40.3 Å². The van der Waals surface area contributed by atoms with Crippen LogP contribution in [0.15, 0.2) is 12.4 Å². The topological polar surface area (TPSA) is 84.1 Å². The third-order valence-corrected chi connectivity index (χ3v) is 2.62. The molecule has 0 aliphatic carbocycles. The predicted molar refractivity (Wildman–Crippen MR) is 80.3 cm³/mol. The fourth-order valence-corrected chi connectivity index (χ4v) is 1.77. The highest BCUT2D eigenvalue weighted by Crippen LogP contribution is 2.09. The Morgan fingerprint density at radius 2 is 1.90 bits per heavy atom. The van der Waals surface area contributed by atoms with Crippen molar-refractivity contribution in [1.29, 1.82) is 0 Å². The van der Waals surface area contributed by atoms with Crippen molar-refractivity contribution in [3.05, 3.63) is 18.0 Å². The van der Waals surface area contributed by atoms with Gasteiger partial charge in [0.2, 0.25) is 11.9 Å². The number of hydrogen-bond acceptors (Lipinski definition) is 5. The summed E-state index contributed by atoms with van der Waals surface area (Å²) in [6.45, 7) is 9.91. The first-order chi connectivity index (χ1) is 9.38. The van der Waals surface area contributed by atoms with E-state index in [4.69, 9.17) is 5.73 Å². The summed E-state index contributed by atoms with van der Waals surface area (Å²) in [5, 5.41) is 3.31. The van der Waals surface area contributed by atoms with E-state index in [2.05, 4.69) is 43.0 Å². The molecular formula is C14H25N5O. The van der Waals surface area contributed by atoms with Crippen LogP contribution in [0.2, 0.25) is 0 Å². The smallest absolute Gasteiger partial charge is 0.237 e. The molecule has 1 amide bonds. The fourth-order valence-electron chi connectivity index (χ4n) is 1.77. The van der Waals surface area contributed by atoms with Crippen LogP contribution < -0.4 is 16.0 Å². The Balaban J connectivity index is 2.73. The van der Waals surface area contributed by atoms with Crippen LogP contribution in [0.4, 0.5) is 5.95 Å². The first kappa shape index (κ1) is 16.4. The lowest BCUT2D eigenvalue weighted by molar-refractivity contribution is -0.116. The molecule has 1 aromatic rings. The number of nitrogens with zero attached hydrogens (tertiary/aromatic N) is 3. The molecule has 6 nitrogen and oxygen atoms in total. The van der Waals surface area contributed by atoms with Crippen molar-refractivity contribution in [3.8, 4) is 0 Å². The number of anilines is 1. The third-order valence-electron chi connectivity index (χ3n) is 2.62. The minimum atomic E-state index is -0.375. The van der Waals surface area contributed by atoms with Gasteiger partial charge in [-0.1, -0.05) is 27.7 Å². The maximum absolute atomic E-state index is 11.1. The maximum atomic E-state index is 11.1. The van der Waals surface area contributed by atoms with Crippen LogP contribution in [0.3, 0.4) is 0 Å². The molecule has 0 spiro atoms. The van der Waals surface area contributed by atoms with Crippen molar-refractivity contribution in [2.75, 3.05) is 18.0 Å². The molecule has 0 aliphatic rings. The lowest BCUT2D eigenvalue weighted by Gasteiger charge is -2.23. The number of carbonyl (C=O) groups excluding carboxylic acids is 1. The lowest BCUT2D eigenvalue weighted by Crippen LogP contribution is -2.37. The minimum Gasteiger partial charge on any atom is -0.368 e. The largest absolute Gasteiger partial charge is 0.368 e. The Kier molecular flexibility index (Phi) is 6.38. The van der Waals surface area contributed by atoms with Gasteiger partial charge in [-0.15, -0.1) is 0 Å². The third kappa shape index (κ3) is 5.97. The van der Waals surface area contributed by atoms with Gasteiger partial charge in [0, 0.05) is 37.1 Å². The van der Waals surface area contributed by atoms with Crippen LogP contribution in [0.25, 0.3) is 0 Å². The summed E-state index contributed by atoms with van der Waals surface area (Å²) in [5.41, 5.74) is 6.29. The lowest BCUT2D eigenvalue weighted by atomic mass is 10.2. The van der Waals surface area contributed by atoms with E-state index < -0.39 is 0 Å². The summed E-state index contributed by atoms with van der Waals surface area (Å²) in [6.07, 6.45) is 3.57. The molecule has 6 heteroatoms. The molecule has 1 heterocycles. The molecule has 112 valence electrons. The molecular weight excluding hydrogens is 254 g/mol. The van der Waals surface area contributed by atoms with Crippen molar-refractivity contribution in [3.63, 3.8) is 0 Å². The second kappa shape index (κ2) is 7.79. The van der Waals surface area contributed by atoms with Crippen molar-refractivity contribution >= 4 is 11.9 Å². The molecule has 0 radical (unpaired) electrons. The number of hydrogen-bond donors (Lipinski definition) is 2. The van der Waals surface area contributed by atoms with Gasteiger partial charge in [0.05, 0.1) is 6.54 Å². The summed E-state index contributed by atoms with van der Waals surface area (Å²) >= 11 is 0. The summed E-state index contributed by atoms with van der Waals surface area (Å²) in [5.74, 6) is 0.575. The van der Waals surface area contributed by atoms with Gasteiger partial charge in [-0.2, -0.15) is 0 Å². The Morgan fingerprint density at radius 1 is 1.30 bits per heavy atom. The highest BCUT2D eigenvalue weighted by molar-refractivity contribution is 5.78. The summed E-state index contributed by atoms with van der Waals surface area (Å²) in [4.78, 5) is 21.6. The zero-order valence-electron chi connectivity index (χ0n) is 12.8. The van der Waals surface area contributed by atoms with Gasteiger partial charge < -0.3 is 16.0 Å². The Hall–Kier alpha value is -1.69. The quantitative estimate of drug-likeness (QED) is 0.739. The number of nitrogens with two attached hydrogens (primary N) is 1. The molecule has 0 atom stereocenters. The van der Waals surface area contributed by atoms with Crippen LogP contribution in [0.1, 0.15) is 33.3 Å². The zero-order valence-corrected chi connectivity index (χ0v) is 12.8. The van der Waals surface area contributed by atoms with Gasteiger partial charge >= 0.3 is 0 Å². The molecule has 0 bridgehead atoms. The number of nitrogens with one attached hydrogen (secondary N) is 1. The standard InChI is InChI=1S/C14H25N5O/c1-10(2)8-19(9-13(15)20)14-17-6-12(7-18-14)5-16-11(3)4/h6-7,10-11,16H,5,8-9H2,1-4H3,(H2,15,20). The second-order valence-corrected chi connectivity index (χ2v) is 5.67. The number of primary amides is 1. The van der Waals surface area contributed by atoms with Crippen LogP contribution in [0, 0.1) is 5.92 Å². The summed E-state index contributed by atoms with van der Waals surface area (Å²) in [7, 11) is 0. The molecule has 0 saturated heterocycles. The summed E-state index contributed by atoms with van der Waals surface area (Å²) in [6, 6.07) is 0.418. The van der Waals surface area contributed by atoms with E-state index >= 15 is 0 Å².